The molecule has 0 bridgehead atoms. The molecule has 0 saturated carbocycles. The molecule has 0 aliphatic rings. The second-order valence-corrected chi connectivity index (χ2v) is 5.57. The summed E-state index contributed by atoms with van der Waals surface area (Å²) in [4.78, 5) is 10.6. The van der Waals surface area contributed by atoms with Crippen LogP contribution in [0.1, 0.15) is 71.1 Å². The third kappa shape index (κ3) is 14.5. The lowest BCUT2D eigenvalue weighted by Crippen LogP contribution is -2.00. The highest BCUT2D eigenvalue weighted by Crippen LogP contribution is 2.29. The Morgan fingerprint density at radius 1 is 0.882 bits per heavy atom. The summed E-state index contributed by atoms with van der Waals surface area (Å²) in [6.07, 6.45) is 12.7. The molecule has 0 fully saturated rings. The Morgan fingerprint density at radius 3 is 1.82 bits per heavy atom. The molecule has 0 aromatic heterocycles. The maximum Gasteiger partial charge on any atom is 0.108 e. The molecule has 1 unspecified atom stereocenters. The monoisotopic (exact) mass is 283 g/mol. The summed E-state index contributed by atoms with van der Waals surface area (Å²) < 4.78 is 8.82. The second-order valence-electron chi connectivity index (χ2n) is 4.31. The van der Waals surface area contributed by atoms with E-state index in [2.05, 4.69) is 11.0 Å². The topological polar surface area (TPSA) is 41.5 Å². The second kappa shape index (κ2) is 14.7. The summed E-state index contributed by atoms with van der Waals surface area (Å²) >= 11 is 4.88. The molecular weight excluding hydrogens is 259 g/mol. The van der Waals surface area contributed by atoms with Crippen molar-refractivity contribution in [3.05, 3.63) is 0 Å². The first kappa shape index (κ1) is 17.6. The van der Waals surface area contributed by atoms with Crippen molar-refractivity contribution in [2.24, 2.45) is 0 Å². The molecule has 0 saturated heterocycles. The SMILES string of the molecule is CCCCCCCCCCCCOP([O-])OCl. The maximum absolute atomic E-state index is 10.6. The van der Waals surface area contributed by atoms with E-state index in [0.717, 1.165) is 12.8 Å². The van der Waals surface area contributed by atoms with Gasteiger partial charge in [0.15, 0.2) is 0 Å². The Balaban J connectivity index is 2.94. The van der Waals surface area contributed by atoms with Crippen LogP contribution in [0.15, 0.2) is 0 Å². The molecule has 1 atom stereocenters. The summed E-state index contributed by atoms with van der Waals surface area (Å²) in [6, 6.07) is 0. The number of rotatable bonds is 13. The fourth-order valence-electron chi connectivity index (χ4n) is 1.75. The lowest BCUT2D eigenvalue weighted by atomic mass is 10.1. The number of hydrogen-bond acceptors (Lipinski definition) is 3. The normalized spacial score (nSPS) is 12.9. The van der Waals surface area contributed by atoms with E-state index >= 15 is 0 Å². The zero-order chi connectivity index (χ0) is 12.8. The Hall–Kier alpha value is 0.600. The van der Waals surface area contributed by atoms with Gasteiger partial charge in [0, 0.05) is 0 Å². The molecule has 5 heteroatoms. The van der Waals surface area contributed by atoms with Crippen LogP contribution in [-0.2, 0) is 8.60 Å². The average molecular weight is 284 g/mol. The van der Waals surface area contributed by atoms with Gasteiger partial charge in [0.25, 0.3) is 0 Å². The Labute approximate surface area is 112 Å². The number of hydrogen-bond donors (Lipinski definition) is 0. The number of unbranched alkanes of at least 4 members (excludes halogenated alkanes) is 9. The van der Waals surface area contributed by atoms with Crippen molar-refractivity contribution in [2.45, 2.75) is 71.1 Å². The minimum Gasteiger partial charge on any atom is -0.785 e. The lowest BCUT2D eigenvalue weighted by molar-refractivity contribution is -0.196. The van der Waals surface area contributed by atoms with Gasteiger partial charge in [0.05, 0.1) is 18.5 Å². The van der Waals surface area contributed by atoms with Crippen molar-refractivity contribution in [3.63, 3.8) is 0 Å². The van der Waals surface area contributed by atoms with Gasteiger partial charge in [0.2, 0.25) is 0 Å². The minimum absolute atomic E-state index is 0.471. The van der Waals surface area contributed by atoms with Crippen molar-refractivity contribution >= 4 is 20.5 Å². The van der Waals surface area contributed by atoms with Crippen LogP contribution in [0.4, 0.5) is 0 Å². The molecule has 0 amide bonds. The predicted octanol–water partition coefficient (Wildman–Crippen LogP) is 4.68. The molecule has 0 spiro atoms. The molecule has 17 heavy (non-hydrogen) atoms. The van der Waals surface area contributed by atoms with E-state index in [0.29, 0.717) is 6.61 Å². The van der Waals surface area contributed by atoms with Crippen LogP contribution >= 0.6 is 20.5 Å². The zero-order valence-electron chi connectivity index (χ0n) is 10.8. The minimum atomic E-state index is -2.10. The van der Waals surface area contributed by atoms with Crippen LogP contribution in [0.5, 0.6) is 0 Å². The van der Waals surface area contributed by atoms with Crippen molar-refractivity contribution in [2.75, 3.05) is 6.61 Å². The van der Waals surface area contributed by atoms with E-state index in [9.17, 15) is 4.89 Å². The summed E-state index contributed by atoms with van der Waals surface area (Å²) in [7, 11) is -2.10. The zero-order valence-corrected chi connectivity index (χ0v) is 12.5. The largest absolute Gasteiger partial charge is 0.785 e. The van der Waals surface area contributed by atoms with Gasteiger partial charge in [0.1, 0.15) is 8.60 Å². The van der Waals surface area contributed by atoms with Crippen LogP contribution in [0.25, 0.3) is 0 Å². The van der Waals surface area contributed by atoms with Crippen LogP contribution < -0.4 is 4.89 Å². The molecule has 0 rings (SSSR count). The fourth-order valence-corrected chi connectivity index (χ4v) is 2.19. The van der Waals surface area contributed by atoms with E-state index in [4.69, 9.17) is 16.4 Å². The van der Waals surface area contributed by atoms with Gasteiger partial charge in [-0.15, -0.1) is 0 Å². The Kier molecular flexibility index (Phi) is 15.2. The first-order chi connectivity index (χ1) is 8.31. The average Bonchev–Trinajstić information content (AvgIpc) is 2.35. The van der Waals surface area contributed by atoms with Gasteiger partial charge >= 0.3 is 0 Å². The predicted molar refractivity (Wildman–Crippen MR) is 71.7 cm³/mol. The van der Waals surface area contributed by atoms with Gasteiger partial charge in [-0.1, -0.05) is 64.7 Å². The maximum atomic E-state index is 10.6. The first-order valence-corrected chi connectivity index (χ1v) is 8.10. The highest BCUT2D eigenvalue weighted by molar-refractivity contribution is 7.40. The molecule has 3 nitrogen and oxygen atoms in total. The fraction of sp³-hybridized carbons (Fsp3) is 1.00. The van der Waals surface area contributed by atoms with Crippen LogP contribution in [0.2, 0.25) is 0 Å². The first-order valence-electron chi connectivity index (χ1n) is 6.70. The smallest absolute Gasteiger partial charge is 0.108 e. The van der Waals surface area contributed by atoms with E-state index in [1.54, 1.807) is 0 Å². The summed E-state index contributed by atoms with van der Waals surface area (Å²) in [5, 5.41) is 0. The van der Waals surface area contributed by atoms with Gasteiger partial charge in [-0.25, -0.2) is 4.08 Å². The van der Waals surface area contributed by atoms with Crippen LogP contribution in [-0.4, -0.2) is 6.61 Å². The summed E-state index contributed by atoms with van der Waals surface area (Å²) in [5.41, 5.74) is 0. The van der Waals surface area contributed by atoms with E-state index < -0.39 is 8.60 Å². The van der Waals surface area contributed by atoms with Crippen molar-refractivity contribution in [1.82, 2.24) is 0 Å². The third-order valence-electron chi connectivity index (χ3n) is 2.75. The molecule has 104 valence electrons. The summed E-state index contributed by atoms with van der Waals surface area (Å²) in [6.45, 7) is 2.71. The third-order valence-corrected chi connectivity index (χ3v) is 3.60. The van der Waals surface area contributed by atoms with E-state index in [1.807, 2.05) is 0 Å². The Bertz CT molecular complexity index is 150. The van der Waals surface area contributed by atoms with Crippen molar-refractivity contribution in [1.29, 1.82) is 0 Å². The quantitative estimate of drug-likeness (QED) is 0.364. The lowest BCUT2D eigenvalue weighted by Gasteiger charge is -2.16. The highest BCUT2D eigenvalue weighted by Gasteiger charge is 1.95. The molecule has 0 N–H and O–H groups in total. The van der Waals surface area contributed by atoms with Crippen LogP contribution in [0.3, 0.4) is 0 Å². The van der Waals surface area contributed by atoms with E-state index in [1.165, 1.54) is 51.4 Å². The molecule has 0 aliphatic heterocycles. The van der Waals surface area contributed by atoms with Crippen LogP contribution in [0, 0.1) is 0 Å². The molecule has 0 radical (unpaired) electrons. The van der Waals surface area contributed by atoms with Crippen molar-refractivity contribution < 1.29 is 13.5 Å². The standard InChI is InChI=1S/C12H25ClO3P/c1-2-3-4-5-6-7-8-9-10-11-12-15-17(14)16-13/h2-12H2,1H3/q-1. The summed E-state index contributed by atoms with van der Waals surface area (Å²) in [5.74, 6) is 0. The molecule has 0 heterocycles. The van der Waals surface area contributed by atoms with Gasteiger partial charge in [-0.3, -0.25) is 0 Å². The van der Waals surface area contributed by atoms with Gasteiger partial charge < -0.3 is 9.42 Å². The highest BCUT2D eigenvalue weighted by atomic mass is 35.5. The molecule has 0 aromatic carbocycles. The van der Waals surface area contributed by atoms with Gasteiger partial charge in [-0.2, -0.15) is 0 Å². The number of halogens is 1. The molecule has 0 aromatic rings. The molecular formula is C12H25ClO3P-. The van der Waals surface area contributed by atoms with Crippen molar-refractivity contribution in [3.8, 4) is 0 Å². The Morgan fingerprint density at radius 2 is 1.35 bits per heavy atom. The van der Waals surface area contributed by atoms with Gasteiger partial charge in [-0.05, 0) is 6.42 Å². The molecule has 0 aliphatic carbocycles. The van der Waals surface area contributed by atoms with E-state index in [-0.39, 0.29) is 0 Å².